The lowest BCUT2D eigenvalue weighted by Gasteiger charge is -2.08. The van der Waals surface area contributed by atoms with Crippen molar-refractivity contribution in [2.24, 2.45) is 0 Å². The highest BCUT2D eigenvalue weighted by atomic mass is 35.5. The molecule has 2 nitrogen and oxygen atoms in total. The van der Waals surface area contributed by atoms with Gasteiger partial charge in [0.2, 0.25) is 5.88 Å². The summed E-state index contributed by atoms with van der Waals surface area (Å²) in [6.45, 7) is 2.36. The lowest BCUT2D eigenvalue weighted by molar-refractivity contribution is 0.293. The molecule has 0 bridgehead atoms. The molecule has 0 spiro atoms. The number of nitrogens with zero attached hydrogens (tertiary/aromatic N) is 1. The van der Waals surface area contributed by atoms with Gasteiger partial charge in [-0.1, -0.05) is 23.7 Å². The highest BCUT2D eigenvalue weighted by molar-refractivity contribution is 6.30. The molecule has 0 unspecified atom stereocenters. The van der Waals surface area contributed by atoms with Crippen LogP contribution < -0.4 is 4.74 Å². The van der Waals surface area contributed by atoms with Gasteiger partial charge in [0.15, 0.2) is 0 Å². The number of alkyl halides is 1. The first-order chi connectivity index (χ1) is 8.67. The van der Waals surface area contributed by atoms with Gasteiger partial charge >= 0.3 is 0 Å². The molecule has 0 atom stereocenters. The molecule has 1 heterocycles. The Hall–Kier alpha value is -1.25. The molecule has 0 fully saturated rings. The Labute approximate surface area is 117 Å². The van der Waals surface area contributed by atoms with E-state index in [1.54, 1.807) is 0 Å². The third kappa shape index (κ3) is 3.62. The summed E-state index contributed by atoms with van der Waals surface area (Å²) in [6, 6.07) is 11.4. The van der Waals surface area contributed by atoms with Crippen molar-refractivity contribution in [1.82, 2.24) is 4.98 Å². The van der Waals surface area contributed by atoms with Crippen LogP contribution in [-0.2, 0) is 12.5 Å². The van der Waals surface area contributed by atoms with Crippen molar-refractivity contribution in [3.8, 4) is 5.88 Å². The average Bonchev–Trinajstić information content (AvgIpc) is 2.36. The normalized spacial score (nSPS) is 10.4. The van der Waals surface area contributed by atoms with Crippen molar-refractivity contribution in [1.29, 1.82) is 0 Å². The van der Waals surface area contributed by atoms with Crippen molar-refractivity contribution in [2.75, 3.05) is 0 Å². The molecular formula is C14H13Cl2NO. The van der Waals surface area contributed by atoms with E-state index in [1.807, 2.05) is 43.3 Å². The smallest absolute Gasteiger partial charge is 0.214 e. The quantitative estimate of drug-likeness (QED) is 0.777. The largest absolute Gasteiger partial charge is 0.473 e. The van der Waals surface area contributed by atoms with E-state index < -0.39 is 0 Å². The fourth-order valence-electron chi connectivity index (χ4n) is 1.64. The molecule has 94 valence electrons. The number of hydrogen-bond donors (Lipinski definition) is 0. The molecule has 18 heavy (non-hydrogen) atoms. The van der Waals surface area contributed by atoms with Gasteiger partial charge in [-0.15, -0.1) is 11.6 Å². The van der Waals surface area contributed by atoms with Gasteiger partial charge in [-0.25, -0.2) is 4.98 Å². The van der Waals surface area contributed by atoms with Crippen LogP contribution in [-0.4, -0.2) is 4.98 Å². The molecule has 0 saturated heterocycles. The molecule has 2 rings (SSSR count). The van der Waals surface area contributed by atoms with Crippen LogP contribution >= 0.6 is 23.2 Å². The first kappa shape index (κ1) is 13.2. The van der Waals surface area contributed by atoms with Crippen LogP contribution in [0.2, 0.25) is 5.02 Å². The van der Waals surface area contributed by atoms with Crippen LogP contribution in [0.1, 0.15) is 16.8 Å². The molecule has 0 amide bonds. The number of hydrogen-bond acceptors (Lipinski definition) is 2. The molecule has 0 N–H and O–H groups in total. The maximum Gasteiger partial charge on any atom is 0.214 e. The third-order valence-corrected chi connectivity index (χ3v) is 2.96. The Bertz CT molecular complexity index is 543. The number of halogens is 2. The standard InChI is InChI=1S/C14H13Cl2NO/c1-10-5-12(8-15)7-14(17-10)18-9-11-3-2-4-13(16)6-11/h2-7H,8-9H2,1H3. The molecular weight excluding hydrogens is 269 g/mol. The van der Waals surface area contributed by atoms with E-state index in [0.29, 0.717) is 23.4 Å². The minimum Gasteiger partial charge on any atom is -0.473 e. The molecule has 2 aromatic rings. The summed E-state index contributed by atoms with van der Waals surface area (Å²) in [5.41, 5.74) is 2.91. The van der Waals surface area contributed by atoms with Gasteiger partial charge < -0.3 is 4.74 Å². The van der Waals surface area contributed by atoms with Crippen molar-refractivity contribution >= 4 is 23.2 Å². The topological polar surface area (TPSA) is 22.1 Å². The van der Waals surface area contributed by atoms with E-state index in [0.717, 1.165) is 16.8 Å². The first-order valence-electron chi connectivity index (χ1n) is 5.58. The number of benzene rings is 1. The van der Waals surface area contributed by atoms with E-state index in [9.17, 15) is 0 Å². The van der Waals surface area contributed by atoms with Gasteiger partial charge in [0.25, 0.3) is 0 Å². The third-order valence-electron chi connectivity index (χ3n) is 2.42. The predicted molar refractivity (Wildman–Crippen MR) is 74.3 cm³/mol. The lowest BCUT2D eigenvalue weighted by atomic mass is 10.2. The van der Waals surface area contributed by atoms with Crippen molar-refractivity contribution in [3.63, 3.8) is 0 Å². The van der Waals surface area contributed by atoms with Gasteiger partial charge in [-0.3, -0.25) is 0 Å². The Morgan fingerprint density at radius 3 is 2.72 bits per heavy atom. The fraction of sp³-hybridized carbons (Fsp3) is 0.214. The number of aryl methyl sites for hydroxylation is 1. The maximum atomic E-state index is 5.91. The SMILES string of the molecule is Cc1cc(CCl)cc(OCc2cccc(Cl)c2)n1. The zero-order valence-electron chi connectivity index (χ0n) is 9.99. The number of pyridine rings is 1. The molecule has 0 radical (unpaired) electrons. The minimum atomic E-state index is 0.443. The molecule has 0 saturated carbocycles. The Morgan fingerprint density at radius 1 is 1.17 bits per heavy atom. The van der Waals surface area contributed by atoms with Crippen LogP contribution in [0.25, 0.3) is 0 Å². The van der Waals surface area contributed by atoms with E-state index in [-0.39, 0.29) is 0 Å². The summed E-state index contributed by atoms with van der Waals surface area (Å²) in [4.78, 5) is 4.31. The molecule has 1 aromatic heterocycles. The molecule has 0 aliphatic carbocycles. The van der Waals surface area contributed by atoms with Crippen LogP contribution in [0.4, 0.5) is 0 Å². The van der Waals surface area contributed by atoms with Gasteiger partial charge in [-0.05, 0) is 36.2 Å². The van der Waals surface area contributed by atoms with Gasteiger partial charge in [0.05, 0.1) is 0 Å². The monoisotopic (exact) mass is 281 g/mol. The van der Waals surface area contributed by atoms with Crippen LogP contribution in [0.15, 0.2) is 36.4 Å². The fourth-order valence-corrected chi connectivity index (χ4v) is 2.01. The molecule has 0 aliphatic rings. The van der Waals surface area contributed by atoms with Crippen LogP contribution in [0, 0.1) is 6.92 Å². The molecule has 1 aromatic carbocycles. The predicted octanol–water partition coefficient (Wildman–Crippen LogP) is 4.36. The Morgan fingerprint density at radius 2 is 2.00 bits per heavy atom. The number of ether oxygens (including phenoxy) is 1. The summed E-state index contributed by atoms with van der Waals surface area (Å²) < 4.78 is 5.64. The number of rotatable bonds is 4. The van der Waals surface area contributed by atoms with Gasteiger partial charge in [0, 0.05) is 22.7 Å². The van der Waals surface area contributed by atoms with Crippen molar-refractivity contribution in [3.05, 3.63) is 58.2 Å². The van der Waals surface area contributed by atoms with Gasteiger partial charge in [0.1, 0.15) is 6.61 Å². The van der Waals surface area contributed by atoms with E-state index in [4.69, 9.17) is 27.9 Å². The second-order valence-corrected chi connectivity index (χ2v) is 4.71. The summed E-state index contributed by atoms with van der Waals surface area (Å²) in [5.74, 6) is 1.04. The average molecular weight is 282 g/mol. The minimum absolute atomic E-state index is 0.443. The zero-order chi connectivity index (χ0) is 13.0. The summed E-state index contributed by atoms with van der Waals surface area (Å²) in [6.07, 6.45) is 0. The Balaban J connectivity index is 2.08. The van der Waals surface area contributed by atoms with E-state index in [1.165, 1.54) is 0 Å². The van der Waals surface area contributed by atoms with Crippen LogP contribution in [0.5, 0.6) is 5.88 Å². The summed E-state index contributed by atoms with van der Waals surface area (Å²) in [5, 5.41) is 0.703. The van der Waals surface area contributed by atoms with Crippen LogP contribution in [0.3, 0.4) is 0 Å². The van der Waals surface area contributed by atoms with E-state index >= 15 is 0 Å². The van der Waals surface area contributed by atoms with E-state index in [2.05, 4.69) is 4.98 Å². The highest BCUT2D eigenvalue weighted by Crippen LogP contribution is 2.17. The zero-order valence-corrected chi connectivity index (χ0v) is 11.5. The summed E-state index contributed by atoms with van der Waals surface area (Å²) in [7, 11) is 0. The Kier molecular flexibility index (Phi) is 4.45. The molecule has 4 heteroatoms. The summed E-state index contributed by atoms with van der Waals surface area (Å²) >= 11 is 11.7. The highest BCUT2D eigenvalue weighted by Gasteiger charge is 2.02. The van der Waals surface area contributed by atoms with Crippen molar-refractivity contribution < 1.29 is 4.74 Å². The first-order valence-corrected chi connectivity index (χ1v) is 6.49. The number of aromatic nitrogens is 1. The second-order valence-electron chi connectivity index (χ2n) is 4.01. The maximum absolute atomic E-state index is 5.91. The van der Waals surface area contributed by atoms with Crippen molar-refractivity contribution in [2.45, 2.75) is 19.4 Å². The second kappa shape index (κ2) is 6.07. The lowest BCUT2D eigenvalue weighted by Crippen LogP contribution is -1.99. The molecule has 0 aliphatic heterocycles. The van der Waals surface area contributed by atoms with Gasteiger partial charge in [-0.2, -0.15) is 0 Å².